The smallest absolute Gasteiger partial charge is 0.174 e. The molecule has 1 atom stereocenters. The van der Waals surface area contributed by atoms with Crippen LogP contribution in [-0.2, 0) is 12.8 Å². The summed E-state index contributed by atoms with van der Waals surface area (Å²) >= 11 is 0. The van der Waals surface area contributed by atoms with Crippen LogP contribution in [0.5, 0.6) is 0 Å². The quantitative estimate of drug-likeness (QED) is 0.417. The van der Waals surface area contributed by atoms with Crippen molar-refractivity contribution in [2.24, 2.45) is 17.8 Å². The van der Waals surface area contributed by atoms with Gasteiger partial charge in [-0.1, -0.05) is 30.0 Å². The van der Waals surface area contributed by atoms with Crippen LogP contribution in [0.4, 0.5) is 8.78 Å². The summed E-state index contributed by atoms with van der Waals surface area (Å²) in [6, 6.07) is 10.4. The number of halogens is 2. The Bertz CT molecular complexity index is 923. The summed E-state index contributed by atoms with van der Waals surface area (Å²) in [4.78, 5) is 0. The van der Waals surface area contributed by atoms with Crippen LogP contribution < -0.4 is 0 Å². The molecule has 28 heavy (non-hydrogen) atoms. The van der Waals surface area contributed by atoms with Gasteiger partial charge in [-0.05, 0) is 98.1 Å². The molecule has 2 aliphatic carbocycles. The molecular weight excluding hydrogens is 350 g/mol. The molecule has 0 spiro atoms. The largest absolute Gasteiger partial charge is 0.204 e. The molecule has 4 rings (SSSR count). The van der Waals surface area contributed by atoms with E-state index in [4.69, 9.17) is 0 Å². The third-order valence-electron chi connectivity index (χ3n) is 6.58. The molecule has 0 saturated heterocycles. The first-order chi connectivity index (χ1) is 13.6. The van der Waals surface area contributed by atoms with Gasteiger partial charge in [0.1, 0.15) is 0 Å². The van der Waals surface area contributed by atoms with Gasteiger partial charge in [-0.2, -0.15) is 0 Å². The summed E-state index contributed by atoms with van der Waals surface area (Å²) in [7, 11) is 0. The summed E-state index contributed by atoms with van der Waals surface area (Å²) in [6.07, 6.45) is 10.9. The van der Waals surface area contributed by atoms with Gasteiger partial charge < -0.3 is 0 Å². The SMILES string of the molecule is C=CC1CCC(C2CCc3cc(C#Cc4cccc(F)c4F)ccc3C2)CC1. The highest BCUT2D eigenvalue weighted by atomic mass is 19.2. The monoisotopic (exact) mass is 376 g/mol. The number of allylic oxidation sites excluding steroid dienone is 1. The molecule has 2 aromatic rings. The van der Waals surface area contributed by atoms with Crippen molar-refractivity contribution in [2.75, 3.05) is 0 Å². The first-order valence-corrected chi connectivity index (χ1v) is 10.3. The van der Waals surface area contributed by atoms with E-state index in [9.17, 15) is 8.78 Å². The Morgan fingerprint density at radius 1 is 0.893 bits per heavy atom. The minimum atomic E-state index is -0.873. The van der Waals surface area contributed by atoms with E-state index in [1.165, 1.54) is 55.4 Å². The number of hydrogen-bond acceptors (Lipinski definition) is 0. The van der Waals surface area contributed by atoms with E-state index in [0.717, 1.165) is 42.2 Å². The third-order valence-corrected chi connectivity index (χ3v) is 6.58. The third kappa shape index (κ3) is 4.04. The maximum atomic E-state index is 13.8. The van der Waals surface area contributed by atoms with E-state index in [-0.39, 0.29) is 5.56 Å². The van der Waals surface area contributed by atoms with Gasteiger partial charge >= 0.3 is 0 Å². The maximum absolute atomic E-state index is 13.8. The fraction of sp³-hybridized carbons (Fsp3) is 0.385. The lowest BCUT2D eigenvalue weighted by molar-refractivity contribution is 0.206. The zero-order valence-electron chi connectivity index (χ0n) is 16.2. The van der Waals surface area contributed by atoms with E-state index in [0.29, 0.717) is 0 Å². The number of rotatable bonds is 2. The van der Waals surface area contributed by atoms with Gasteiger partial charge in [0.2, 0.25) is 0 Å². The van der Waals surface area contributed by atoms with Crippen LogP contribution >= 0.6 is 0 Å². The van der Waals surface area contributed by atoms with Gasteiger partial charge in [-0.3, -0.25) is 0 Å². The van der Waals surface area contributed by atoms with Crippen LogP contribution in [0, 0.1) is 41.2 Å². The van der Waals surface area contributed by atoms with Crippen molar-refractivity contribution in [3.05, 3.63) is 82.9 Å². The van der Waals surface area contributed by atoms with Gasteiger partial charge in [0, 0.05) is 5.56 Å². The average molecular weight is 376 g/mol. The molecule has 2 aromatic carbocycles. The van der Waals surface area contributed by atoms with Crippen molar-refractivity contribution >= 4 is 0 Å². The number of benzene rings is 2. The highest BCUT2D eigenvalue weighted by Crippen LogP contribution is 2.39. The second-order valence-electron chi connectivity index (χ2n) is 8.25. The minimum absolute atomic E-state index is 0.105. The van der Waals surface area contributed by atoms with Crippen LogP contribution in [0.2, 0.25) is 0 Å². The summed E-state index contributed by atoms with van der Waals surface area (Å²) in [5, 5.41) is 0. The molecule has 0 N–H and O–H groups in total. The molecule has 144 valence electrons. The lowest BCUT2D eigenvalue weighted by atomic mass is 9.70. The fourth-order valence-electron chi connectivity index (χ4n) is 4.86. The fourth-order valence-corrected chi connectivity index (χ4v) is 4.86. The minimum Gasteiger partial charge on any atom is -0.204 e. The lowest BCUT2D eigenvalue weighted by Crippen LogP contribution is -2.26. The number of aryl methyl sites for hydroxylation is 1. The summed E-state index contributed by atoms with van der Waals surface area (Å²) in [5.74, 6) is 6.40. The van der Waals surface area contributed by atoms with Crippen molar-refractivity contribution in [3.63, 3.8) is 0 Å². The normalized spacial score (nSPS) is 24.0. The van der Waals surface area contributed by atoms with Crippen LogP contribution in [-0.4, -0.2) is 0 Å². The van der Waals surface area contributed by atoms with Gasteiger partial charge in [-0.15, -0.1) is 6.58 Å². The second kappa shape index (κ2) is 8.31. The van der Waals surface area contributed by atoms with Gasteiger partial charge in [0.25, 0.3) is 0 Å². The molecule has 0 nitrogen and oxygen atoms in total. The molecule has 2 heteroatoms. The molecule has 0 amide bonds. The van der Waals surface area contributed by atoms with Gasteiger partial charge in [0.15, 0.2) is 11.6 Å². The predicted molar refractivity (Wildman–Crippen MR) is 110 cm³/mol. The molecule has 0 aromatic heterocycles. The molecule has 0 heterocycles. The zero-order chi connectivity index (χ0) is 19.5. The van der Waals surface area contributed by atoms with E-state index in [1.54, 1.807) is 0 Å². The Hall–Kier alpha value is -2.40. The Morgan fingerprint density at radius 2 is 1.71 bits per heavy atom. The summed E-state index contributed by atoms with van der Waals surface area (Å²) < 4.78 is 27.1. The van der Waals surface area contributed by atoms with Crippen LogP contribution in [0.1, 0.15) is 54.4 Å². The van der Waals surface area contributed by atoms with Crippen molar-refractivity contribution in [1.29, 1.82) is 0 Å². The number of hydrogen-bond donors (Lipinski definition) is 0. The van der Waals surface area contributed by atoms with Crippen molar-refractivity contribution in [3.8, 4) is 11.8 Å². The molecule has 1 fully saturated rings. The Morgan fingerprint density at radius 3 is 2.50 bits per heavy atom. The highest BCUT2D eigenvalue weighted by molar-refractivity contribution is 5.46. The molecule has 2 aliphatic rings. The molecule has 0 aliphatic heterocycles. The maximum Gasteiger partial charge on any atom is 0.174 e. The first-order valence-electron chi connectivity index (χ1n) is 10.3. The molecule has 1 saturated carbocycles. The van der Waals surface area contributed by atoms with Gasteiger partial charge in [0.05, 0.1) is 5.56 Å². The van der Waals surface area contributed by atoms with Crippen LogP contribution in [0.25, 0.3) is 0 Å². The average Bonchev–Trinajstić information content (AvgIpc) is 2.74. The zero-order valence-corrected chi connectivity index (χ0v) is 16.2. The van der Waals surface area contributed by atoms with E-state index in [2.05, 4.69) is 36.6 Å². The van der Waals surface area contributed by atoms with E-state index >= 15 is 0 Å². The first kappa shape index (κ1) is 18.9. The molecule has 0 bridgehead atoms. The van der Waals surface area contributed by atoms with Crippen molar-refractivity contribution in [1.82, 2.24) is 0 Å². The Kier molecular flexibility index (Phi) is 5.62. The number of fused-ring (bicyclic) bond motifs is 1. The topological polar surface area (TPSA) is 0 Å². The Labute approximate surface area is 166 Å². The highest BCUT2D eigenvalue weighted by Gasteiger charge is 2.29. The van der Waals surface area contributed by atoms with E-state index < -0.39 is 11.6 Å². The van der Waals surface area contributed by atoms with Crippen LogP contribution in [0.3, 0.4) is 0 Å². The predicted octanol–water partition coefficient (Wildman–Crippen LogP) is 6.46. The van der Waals surface area contributed by atoms with E-state index in [1.807, 2.05) is 6.07 Å². The lowest BCUT2D eigenvalue weighted by Gasteiger charge is -2.36. The Balaban J connectivity index is 1.46. The van der Waals surface area contributed by atoms with Crippen LogP contribution in [0.15, 0.2) is 49.1 Å². The molecule has 1 unspecified atom stereocenters. The molecule has 0 radical (unpaired) electrons. The van der Waals surface area contributed by atoms with Crippen molar-refractivity contribution in [2.45, 2.75) is 44.9 Å². The van der Waals surface area contributed by atoms with Crippen molar-refractivity contribution < 1.29 is 8.78 Å². The second-order valence-corrected chi connectivity index (χ2v) is 8.25. The molecular formula is C26H26F2. The summed E-state index contributed by atoms with van der Waals surface area (Å²) in [6.45, 7) is 3.95. The van der Waals surface area contributed by atoms with Gasteiger partial charge in [-0.25, -0.2) is 8.78 Å². The summed E-state index contributed by atoms with van der Waals surface area (Å²) in [5.41, 5.74) is 3.77. The standard InChI is InChI=1S/C26H26F2/c1-2-18-6-10-20(11-7-18)23-15-14-22-16-19(9-13-24(22)17-23)8-12-21-4-3-5-25(27)26(21)28/h2-5,9,13,16,18,20,23H,1,6-7,10-11,14-15,17H2.